The zero-order valence-electron chi connectivity index (χ0n) is 20.4. The molecule has 214 valence electrons. The molecule has 14 heteroatoms. The number of hydrogen-bond donors (Lipinski definition) is 0. The van der Waals surface area contributed by atoms with Crippen molar-refractivity contribution in [1.82, 2.24) is 9.80 Å². The molecule has 1 aromatic carbocycles. The van der Waals surface area contributed by atoms with Gasteiger partial charge in [-0.3, -0.25) is 4.90 Å². The Hall–Kier alpha value is -2.38. The Morgan fingerprint density at radius 2 is 1.45 bits per heavy atom. The normalized spacial score (nSPS) is 21.1. The minimum absolute atomic E-state index is 0.0472. The minimum atomic E-state index is -5.77. The van der Waals surface area contributed by atoms with E-state index in [4.69, 9.17) is 0 Å². The van der Waals surface area contributed by atoms with Crippen molar-refractivity contribution >= 4 is 11.8 Å². The monoisotopic (exact) mass is 561 g/mol. The van der Waals surface area contributed by atoms with Crippen LogP contribution in [0.3, 0.4) is 0 Å². The molecule has 0 radical (unpaired) electrons. The summed E-state index contributed by atoms with van der Waals surface area (Å²) in [6.07, 6.45) is -18.3. The van der Waals surface area contributed by atoms with Crippen LogP contribution in [0.5, 0.6) is 0 Å². The highest BCUT2D eigenvalue weighted by Crippen LogP contribution is 2.43. The van der Waals surface area contributed by atoms with Crippen molar-refractivity contribution in [2.75, 3.05) is 44.2 Å². The molecule has 3 fully saturated rings. The van der Waals surface area contributed by atoms with E-state index in [1.807, 2.05) is 9.80 Å². The van der Waals surface area contributed by atoms with Gasteiger partial charge in [0.15, 0.2) is 0 Å². The molecule has 0 bridgehead atoms. The highest BCUT2D eigenvalue weighted by Gasteiger charge is 2.60. The molecule has 0 unspecified atom stereocenters. The lowest BCUT2D eigenvalue weighted by atomic mass is 9.72. The predicted molar refractivity (Wildman–Crippen MR) is 118 cm³/mol. The van der Waals surface area contributed by atoms with E-state index in [2.05, 4.69) is 4.74 Å². The molecule has 3 heterocycles. The Morgan fingerprint density at radius 3 is 1.97 bits per heavy atom. The van der Waals surface area contributed by atoms with Gasteiger partial charge in [-0.2, -0.15) is 39.5 Å². The molecule has 5 nitrogen and oxygen atoms in total. The Balaban J connectivity index is 1.34. The number of alkyl halides is 9. The Morgan fingerprint density at radius 1 is 0.868 bits per heavy atom. The second-order valence-electron chi connectivity index (χ2n) is 10.4. The number of nitrogens with zero attached hydrogens (tertiary/aromatic N) is 3. The summed E-state index contributed by atoms with van der Waals surface area (Å²) in [6, 6.07) is 3.75. The number of piperidine rings is 2. The summed E-state index contributed by atoms with van der Waals surface area (Å²) < 4.78 is 120. The number of likely N-dealkylation sites (tertiary alicyclic amines) is 2. The highest BCUT2D eigenvalue weighted by molar-refractivity contribution is 5.68. The third-order valence-electron chi connectivity index (χ3n) is 7.52. The SMILES string of the molecule is O=C(OC(C(F)(F)F)C(F)(F)F)N1CCC2(CC1)CN(Cc1ccc(C(F)(F)F)cc1N1CCCCC1)C2. The molecule has 3 aliphatic heterocycles. The fraction of sp³-hybridized carbons (Fsp3) is 0.708. The molecule has 4 rings (SSSR count). The maximum Gasteiger partial charge on any atom is 0.434 e. The molecule has 3 saturated heterocycles. The summed E-state index contributed by atoms with van der Waals surface area (Å²) in [4.78, 5) is 16.9. The van der Waals surface area contributed by atoms with Gasteiger partial charge >= 0.3 is 24.6 Å². The Labute approximate surface area is 213 Å². The van der Waals surface area contributed by atoms with Gasteiger partial charge < -0.3 is 14.5 Å². The first-order chi connectivity index (χ1) is 17.6. The fourth-order valence-corrected chi connectivity index (χ4v) is 5.53. The molecular weight excluding hydrogens is 533 g/mol. The zero-order valence-corrected chi connectivity index (χ0v) is 20.4. The first-order valence-electron chi connectivity index (χ1n) is 12.3. The van der Waals surface area contributed by atoms with Gasteiger partial charge in [0.2, 0.25) is 0 Å². The van der Waals surface area contributed by atoms with Gasteiger partial charge in [-0.05, 0) is 55.2 Å². The van der Waals surface area contributed by atoms with E-state index < -0.39 is 36.3 Å². The molecular formula is C24H28F9N3O2. The second-order valence-corrected chi connectivity index (χ2v) is 10.4. The lowest BCUT2D eigenvalue weighted by molar-refractivity contribution is -0.308. The van der Waals surface area contributed by atoms with Crippen molar-refractivity contribution in [1.29, 1.82) is 0 Å². The van der Waals surface area contributed by atoms with Gasteiger partial charge in [-0.25, -0.2) is 4.79 Å². The van der Waals surface area contributed by atoms with Crippen LogP contribution in [0.25, 0.3) is 0 Å². The van der Waals surface area contributed by atoms with Gasteiger partial charge in [0.05, 0.1) is 5.56 Å². The first-order valence-corrected chi connectivity index (χ1v) is 12.3. The lowest BCUT2D eigenvalue weighted by Crippen LogP contribution is -2.60. The fourth-order valence-electron chi connectivity index (χ4n) is 5.53. The molecule has 0 aliphatic carbocycles. The topological polar surface area (TPSA) is 36.0 Å². The van der Waals surface area contributed by atoms with Crippen LogP contribution in [-0.4, -0.2) is 73.6 Å². The summed E-state index contributed by atoms with van der Waals surface area (Å²) in [7, 11) is 0. The molecule has 1 spiro atoms. The van der Waals surface area contributed by atoms with Crippen molar-refractivity contribution in [3.8, 4) is 0 Å². The van der Waals surface area contributed by atoms with Crippen molar-refractivity contribution in [3.63, 3.8) is 0 Å². The van der Waals surface area contributed by atoms with E-state index in [1.54, 1.807) is 0 Å². The third kappa shape index (κ3) is 6.42. The van der Waals surface area contributed by atoms with Crippen LogP contribution in [0.1, 0.15) is 43.2 Å². The largest absolute Gasteiger partial charge is 0.434 e. The summed E-state index contributed by atoms with van der Waals surface area (Å²) >= 11 is 0. The molecule has 0 N–H and O–H groups in total. The smallest absolute Gasteiger partial charge is 0.426 e. The number of rotatable bonds is 4. The van der Waals surface area contributed by atoms with Crippen molar-refractivity contribution in [2.45, 2.75) is 63.3 Å². The van der Waals surface area contributed by atoms with Crippen LogP contribution in [0.4, 0.5) is 50.0 Å². The zero-order chi connectivity index (χ0) is 27.9. The Bertz CT molecular complexity index is 973. The highest BCUT2D eigenvalue weighted by atomic mass is 19.4. The van der Waals surface area contributed by atoms with E-state index in [9.17, 15) is 44.3 Å². The van der Waals surface area contributed by atoms with Gasteiger partial charge in [-0.15, -0.1) is 0 Å². The predicted octanol–water partition coefficient (Wildman–Crippen LogP) is 6.22. The number of ether oxygens (including phenoxy) is 1. The number of benzene rings is 1. The number of carbonyl (C=O) groups is 1. The maximum absolute atomic E-state index is 13.3. The number of halogens is 9. The summed E-state index contributed by atoms with van der Waals surface area (Å²) in [5.41, 5.74) is 0.351. The van der Waals surface area contributed by atoms with Crippen molar-refractivity contribution < 1.29 is 49.0 Å². The maximum atomic E-state index is 13.3. The van der Waals surface area contributed by atoms with Crippen LogP contribution in [-0.2, 0) is 17.5 Å². The van der Waals surface area contributed by atoms with Crippen LogP contribution in [0.15, 0.2) is 18.2 Å². The molecule has 3 aliphatic rings. The number of hydrogen-bond acceptors (Lipinski definition) is 4. The standard InChI is InChI=1S/C24H28F9N3O2/c25-22(26,27)17-5-4-16(18(12-17)35-8-2-1-3-9-35)13-34-14-21(15-34)6-10-36(11-7-21)20(37)38-19(23(28,29)30)24(31,32)33/h4-5,12,19H,1-3,6-11,13-15H2. The minimum Gasteiger partial charge on any atom is -0.426 e. The number of anilines is 1. The van der Waals surface area contributed by atoms with Gasteiger partial charge in [0.25, 0.3) is 6.10 Å². The number of amides is 1. The Kier molecular flexibility index (Phi) is 7.76. The molecule has 1 aromatic rings. The molecule has 0 saturated carbocycles. The molecule has 1 amide bonds. The molecule has 38 heavy (non-hydrogen) atoms. The molecule has 0 atom stereocenters. The average molecular weight is 561 g/mol. The van der Waals surface area contributed by atoms with E-state index in [1.165, 1.54) is 12.1 Å². The summed E-state index contributed by atoms with van der Waals surface area (Å²) in [5, 5.41) is 0. The summed E-state index contributed by atoms with van der Waals surface area (Å²) in [6.45, 7) is 2.79. The van der Waals surface area contributed by atoms with Gasteiger partial charge in [-0.1, -0.05) is 6.07 Å². The van der Waals surface area contributed by atoms with Crippen LogP contribution in [0, 0.1) is 5.41 Å². The third-order valence-corrected chi connectivity index (χ3v) is 7.52. The van der Waals surface area contributed by atoms with Gasteiger partial charge in [0, 0.05) is 51.5 Å². The summed E-state index contributed by atoms with van der Waals surface area (Å²) in [5.74, 6) is 0. The van der Waals surface area contributed by atoms with Crippen molar-refractivity contribution in [2.24, 2.45) is 5.41 Å². The first kappa shape index (κ1) is 28.6. The van der Waals surface area contributed by atoms with E-state index in [0.717, 1.165) is 35.8 Å². The van der Waals surface area contributed by atoms with Crippen molar-refractivity contribution in [3.05, 3.63) is 29.3 Å². The lowest BCUT2D eigenvalue weighted by Gasteiger charge is -2.54. The number of carbonyl (C=O) groups excluding carboxylic acids is 1. The van der Waals surface area contributed by atoms with Crippen LogP contribution < -0.4 is 4.90 Å². The average Bonchev–Trinajstić information content (AvgIpc) is 2.80. The van der Waals surface area contributed by atoms with Gasteiger partial charge in [0.1, 0.15) is 0 Å². The van der Waals surface area contributed by atoms with Crippen LogP contribution in [0.2, 0.25) is 0 Å². The van der Waals surface area contributed by atoms with E-state index in [0.29, 0.717) is 51.3 Å². The quantitative estimate of drug-likeness (QED) is 0.409. The second kappa shape index (κ2) is 10.3. The van der Waals surface area contributed by atoms with E-state index >= 15 is 0 Å². The van der Waals surface area contributed by atoms with E-state index in [-0.39, 0.29) is 18.5 Å². The molecule has 0 aromatic heterocycles. The van der Waals surface area contributed by atoms with Crippen LogP contribution >= 0.6 is 0 Å².